The van der Waals surface area contributed by atoms with Gasteiger partial charge >= 0.3 is 0 Å². The molecule has 4 heteroatoms. The second kappa shape index (κ2) is 21.1. The summed E-state index contributed by atoms with van der Waals surface area (Å²) in [6.07, 6.45) is 0. The summed E-state index contributed by atoms with van der Waals surface area (Å²) in [5.74, 6) is 2.67. The average Bonchev–Trinajstić information content (AvgIpc) is 2.00. The van der Waals surface area contributed by atoms with Crippen LogP contribution in [-0.4, -0.2) is 10.2 Å². The van der Waals surface area contributed by atoms with E-state index in [-0.39, 0.29) is 13.2 Å². The van der Waals surface area contributed by atoms with E-state index < -0.39 is 0 Å². The van der Waals surface area contributed by atoms with E-state index in [0.717, 1.165) is 131 Å². The first kappa shape index (κ1) is 50.8. The standard InChI is InChI=1S/C82H54O4/c83-49-51-41-57-29-35-63(47-75(57)77(43-51)73-27-11-19-55-15-3-7-23-67(55)73)85-79-39-33-61-45-59(69-25-9-17-53-13-1-5-21-65(53)69)31-37-71(61)81(79)82-72-38-32-60(70-26-10-18-54-14-2-6-22-66(54)70)46-62(72)34-40-80(82)86-64-36-30-58-42-52(50-84)44-78(76(58)48-64)74-28-12-20-56-16-4-8-24-68(56)74/h1-48,83-84H,49-50H2. The van der Waals surface area contributed by atoms with Crippen LogP contribution < -0.4 is 9.47 Å². The molecule has 0 saturated heterocycles. The van der Waals surface area contributed by atoms with Gasteiger partial charge in [-0.25, -0.2) is 0 Å². The number of aliphatic hydroxyl groups is 2. The molecule has 0 aromatic heterocycles. The largest absolute Gasteiger partial charge is 0.457 e. The Morgan fingerprint density at radius 2 is 0.558 bits per heavy atom. The molecule has 86 heavy (non-hydrogen) atoms. The van der Waals surface area contributed by atoms with Crippen LogP contribution in [0.4, 0.5) is 0 Å². The lowest BCUT2D eigenvalue weighted by Gasteiger charge is -2.21. The first-order valence-corrected chi connectivity index (χ1v) is 29.3. The molecule has 2 N–H and O–H groups in total. The van der Waals surface area contributed by atoms with Crippen LogP contribution in [-0.2, 0) is 13.2 Å². The zero-order valence-electron chi connectivity index (χ0n) is 46.8. The Balaban J connectivity index is 0.932. The third kappa shape index (κ3) is 8.87. The number of rotatable bonds is 11. The Morgan fingerprint density at radius 1 is 0.221 bits per heavy atom. The van der Waals surface area contributed by atoms with Crippen molar-refractivity contribution >= 4 is 86.2 Å². The van der Waals surface area contributed by atoms with Gasteiger partial charge in [-0.05, 0) is 215 Å². The normalized spacial score (nSPS) is 11.7. The summed E-state index contributed by atoms with van der Waals surface area (Å²) in [6.45, 7) is -0.161. The van der Waals surface area contributed by atoms with Gasteiger partial charge in [0.25, 0.3) is 0 Å². The van der Waals surface area contributed by atoms with Crippen molar-refractivity contribution in [2.45, 2.75) is 13.2 Å². The highest BCUT2D eigenvalue weighted by molar-refractivity contribution is 6.13. The van der Waals surface area contributed by atoms with E-state index in [1.165, 1.54) is 21.5 Å². The predicted molar refractivity (Wildman–Crippen MR) is 359 cm³/mol. The van der Waals surface area contributed by atoms with Crippen molar-refractivity contribution in [1.29, 1.82) is 0 Å². The number of ether oxygens (including phenoxy) is 2. The van der Waals surface area contributed by atoms with Gasteiger partial charge in [-0.3, -0.25) is 0 Å². The van der Waals surface area contributed by atoms with Crippen LogP contribution >= 0.6 is 0 Å². The number of aliphatic hydroxyl groups excluding tert-OH is 2. The summed E-state index contributed by atoms with van der Waals surface area (Å²) in [7, 11) is 0. The van der Waals surface area contributed by atoms with Crippen molar-refractivity contribution in [2.24, 2.45) is 0 Å². The first-order valence-electron chi connectivity index (χ1n) is 29.3. The molecule has 0 saturated carbocycles. The predicted octanol–water partition coefficient (Wildman–Crippen LogP) is 21.8. The van der Waals surface area contributed by atoms with Gasteiger partial charge in [0.15, 0.2) is 0 Å². The van der Waals surface area contributed by atoms with E-state index in [2.05, 4.69) is 279 Å². The molecule has 0 bridgehead atoms. The summed E-state index contributed by atoms with van der Waals surface area (Å²) in [5.41, 5.74) is 12.2. The zero-order chi connectivity index (χ0) is 57.2. The van der Waals surface area contributed by atoms with Gasteiger partial charge in [0.2, 0.25) is 0 Å². The smallest absolute Gasteiger partial charge is 0.136 e. The van der Waals surface area contributed by atoms with Gasteiger partial charge in [0.1, 0.15) is 23.0 Å². The van der Waals surface area contributed by atoms with Crippen LogP contribution in [0.15, 0.2) is 291 Å². The van der Waals surface area contributed by atoms with Crippen LogP contribution in [0.1, 0.15) is 11.1 Å². The molecule has 0 atom stereocenters. The lowest BCUT2D eigenvalue weighted by molar-refractivity contribution is 0.282. The monoisotopic (exact) mass is 1100 g/mol. The Labute approximate surface area is 497 Å². The molecular formula is C82H54O4. The van der Waals surface area contributed by atoms with Gasteiger partial charge in [0.05, 0.1) is 13.2 Å². The average molecular weight is 1100 g/mol. The zero-order valence-corrected chi connectivity index (χ0v) is 46.8. The summed E-state index contributed by atoms with van der Waals surface area (Å²) in [6, 6.07) is 103. The molecule has 16 aromatic carbocycles. The molecular weight excluding hydrogens is 1050 g/mol. The first-order chi connectivity index (χ1) is 42.5. The van der Waals surface area contributed by atoms with Crippen molar-refractivity contribution in [1.82, 2.24) is 0 Å². The van der Waals surface area contributed by atoms with Crippen LogP contribution in [0.3, 0.4) is 0 Å². The SMILES string of the molecule is OCc1cc(-c2cccc3ccccc23)c2cc(Oc3ccc4cc(-c5cccc6ccccc56)ccc4c3-c3c(Oc4ccc5cc(CO)cc(-c6cccc7ccccc67)c5c4)ccc4cc(-c5cccc6ccccc56)ccc34)ccc2c1. The number of hydrogen-bond donors (Lipinski definition) is 2. The van der Waals surface area contributed by atoms with Crippen molar-refractivity contribution in [2.75, 3.05) is 0 Å². The van der Waals surface area contributed by atoms with E-state index in [0.29, 0.717) is 23.0 Å². The third-order valence-corrected chi connectivity index (χ3v) is 17.4. The minimum atomic E-state index is -0.0806. The summed E-state index contributed by atoms with van der Waals surface area (Å²) >= 11 is 0. The molecule has 16 aromatic rings. The van der Waals surface area contributed by atoms with Crippen molar-refractivity contribution in [3.05, 3.63) is 302 Å². The Morgan fingerprint density at radius 3 is 0.953 bits per heavy atom. The molecule has 0 radical (unpaired) electrons. The summed E-state index contributed by atoms with van der Waals surface area (Å²) in [4.78, 5) is 0. The van der Waals surface area contributed by atoms with Crippen LogP contribution in [0.2, 0.25) is 0 Å². The molecule has 0 unspecified atom stereocenters. The maximum atomic E-state index is 10.6. The van der Waals surface area contributed by atoms with Crippen molar-refractivity contribution in [3.8, 4) is 78.6 Å². The number of fused-ring (bicyclic) bond motifs is 8. The van der Waals surface area contributed by atoms with Gasteiger partial charge in [-0.2, -0.15) is 0 Å². The molecule has 0 heterocycles. The van der Waals surface area contributed by atoms with Gasteiger partial charge in [-0.1, -0.05) is 218 Å². The topological polar surface area (TPSA) is 58.9 Å². The Hall–Kier alpha value is -10.9. The molecule has 0 amide bonds. The molecule has 0 spiro atoms. The highest BCUT2D eigenvalue weighted by Crippen LogP contribution is 2.50. The fourth-order valence-corrected chi connectivity index (χ4v) is 13.3. The van der Waals surface area contributed by atoms with Gasteiger partial charge in [0, 0.05) is 11.1 Å². The lowest BCUT2D eigenvalue weighted by Crippen LogP contribution is -1.96. The van der Waals surface area contributed by atoms with Gasteiger partial charge < -0.3 is 19.7 Å². The molecule has 0 aliphatic carbocycles. The van der Waals surface area contributed by atoms with Crippen LogP contribution in [0.5, 0.6) is 23.0 Å². The van der Waals surface area contributed by atoms with Crippen LogP contribution in [0.25, 0.3) is 142 Å². The Bertz CT molecular complexity index is 5050. The molecule has 16 rings (SSSR count). The minimum absolute atomic E-state index is 0.0806. The van der Waals surface area contributed by atoms with E-state index in [9.17, 15) is 10.2 Å². The van der Waals surface area contributed by atoms with E-state index >= 15 is 0 Å². The third-order valence-electron chi connectivity index (χ3n) is 17.4. The van der Waals surface area contributed by atoms with Crippen molar-refractivity contribution < 1.29 is 19.7 Å². The van der Waals surface area contributed by atoms with E-state index in [1.54, 1.807) is 0 Å². The summed E-state index contributed by atoms with van der Waals surface area (Å²) < 4.78 is 14.9. The molecule has 406 valence electrons. The molecule has 4 nitrogen and oxygen atoms in total. The fraction of sp³-hybridized carbons (Fsp3) is 0.0244. The maximum absolute atomic E-state index is 10.6. The van der Waals surface area contributed by atoms with E-state index in [1.807, 2.05) is 12.1 Å². The highest BCUT2D eigenvalue weighted by Gasteiger charge is 2.23. The Kier molecular flexibility index (Phi) is 12.5. The minimum Gasteiger partial charge on any atom is -0.457 e. The number of benzene rings is 16. The molecule has 0 fully saturated rings. The molecule has 0 aliphatic heterocycles. The van der Waals surface area contributed by atoms with E-state index in [4.69, 9.17) is 9.47 Å². The quantitative estimate of drug-likeness (QED) is 0.136. The van der Waals surface area contributed by atoms with Crippen LogP contribution in [0, 0.1) is 0 Å². The number of hydrogen-bond acceptors (Lipinski definition) is 4. The summed E-state index contributed by atoms with van der Waals surface area (Å²) in [5, 5.41) is 38.7. The highest BCUT2D eigenvalue weighted by atomic mass is 16.5. The maximum Gasteiger partial charge on any atom is 0.136 e. The van der Waals surface area contributed by atoms with Crippen molar-refractivity contribution in [3.63, 3.8) is 0 Å². The second-order valence-electron chi connectivity index (χ2n) is 22.4. The second-order valence-corrected chi connectivity index (χ2v) is 22.4. The van der Waals surface area contributed by atoms with Gasteiger partial charge in [-0.15, -0.1) is 0 Å². The molecule has 0 aliphatic rings. The lowest BCUT2D eigenvalue weighted by atomic mass is 9.89. The fourth-order valence-electron chi connectivity index (χ4n) is 13.3.